The van der Waals surface area contributed by atoms with Crippen LogP contribution in [0.25, 0.3) is 10.6 Å². The Balaban J connectivity index is 1.25. The normalized spacial score (nSPS) is 14.3. The van der Waals surface area contributed by atoms with Crippen LogP contribution in [0, 0.1) is 5.82 Å². The van der Waals surface area contributed by atoms with E-state index in [0.717, 1.165) is 17.7 Å². The van der Waals surface area contributed by atoms with E-state index in [1.807, 2.05) is 40.6 Å². The van der Waals surface area contributed by atoms with Crippen LogP contribution < -0.4 is 5.32 Å². The first-order chi connectivity index (χ1) is 16.0. The molecule has 172 valence electrons. The summed E-state index contributed by atoms with van der Waals surface area (Å²) < 4.78 is 13.5. The smallest absolute Gasteiger partial charge is 0.238 e. The molecule has 0 radical (unpaired) electrons. The summed E-state index contributed by atoms with van der Waals surface area (Å²) in [4.78, 5) is 33.6. The standard InChI is InChI=1S/C25H27FN4O2S/c1-2-18-6-3-4-9-22(18)28-23(31)16-29-10-12-30(13-11-29)24(32)15-21-17-33-25(27-21)19-7-5-8-20(26)14-19/h3-9,14,17H,2,10-13,15-16H2,1H3,(H,28,31). The molecule has 8 heteroatoms. The Kier molecular flexibility index (Phi) is 7.47. The van der Waals surface area contributed by atoms with Crippen molar-refractivity contribution in [1.82, 2.24) is 14.8 Å². The van der Waals surface area contributed by atoms with Gasteiger partial charge in [-0.3, -0.25) is 14.5 Å². The molecule has 6 nitrogen and oxygen atoms in total. The van der Waals surface area contributed by atoms with Gasteiger partial charge in [0.25, 0.3) is 0 Å². The maximum absolute atomic E-state index is 13.5. The average molecular weight is 467 g/mol. The fourth-order valence-electron chi connectivity index (χ4n) is 3.91. The maximum atomic E-state index is 13.5. The number of carbonyl (C=O) groups excluding carboxylic acids is 2. The third kappa shape index (κ3) is 6.03. The van der Waals surface area contributed by atoms with Gasteiger partial charge in [-0.15, -0.1) is 11.3 Å². The minimum Gasteiger partial charge on any atom is -0.340 e. The first-order valence-electron chi connectivity index (χ1n) is 11.1. The Morgan fingerprint density at radius 3 is 2.64 bits per heavy atom. The maximum Gasteiger partial charge on any atom is 0.238 e. The Hall–Kier alpha value is -3.10. The lowest BCUT2D eigenvalue weighted by Crippen LogP contribution is -2.50. The van der Waals surface area contributed by atoms with E-state index < -0.39 is 0 Å². The van der Waals surface area contributed by atoms with E-state index in [9.17, 15) is 14.0 Å². The number of carbonyl (C=O) groups is 2. The van der Waals surface area contributed by atoms with Gasteiger partial charge in [0.05, 0.1) is 18.7 Å². The summed E-state index contributed by atoms with van der Waals surface area (Å²) in [6, 6.07) is 14.1. The Bertz CT molecular complexity index is 1120. The van der Waals surface area contributed by atoms with Crippen LogP contribution in [0.5, 0.6) is 0 Å². The Morgan fingerprint density at radius 1 is 1.09 bits per heavy atom. The fraction of sp³-hybridized carbons (Fsp3) is 0.320. The summed E-state index contributed by atoms with van der Waals surface area (Å²) >= 11 is 1.41. The van der Waals surface area contributed by atoms with Gasteiger partial charge in [-0.05, 0) is 30.2 Å². The van der Waals surface area contributed by atoms with Crippen LogP contribution >= 0.6 is 11.3 Å². The van der Waals surface area contributed by atoms with Gasteiger partial charge in [-0.2, -0.15) is 0 Å². The van der Waals surface area contributed by atoms with Crippen LogP contribution in [0.4, 0.5) is 10.1 Å². The molecule has 1 aliphatic heterocycles. The van der Waals surface area contributed by atoms with E-state index in [4.69, 9.17) is 0 Å². The quantitative estimate of drug-likeness (QED) is 0.575. The molecule has 4 rings (SSSR count). The molecule has 3 aromatic rings. The van der Waals surface area contributed by atoms with Crippen molar-refractivity contribution in [2.45, 2.75) is 19.8 Å². The van der Waals surface area contributed by atoms with Crippen molar-refractivity contribution in [2.24, 2.45) is 0 Å². The molecule has 1 N–H and O–H groups in total. The van der Waals surface area contributed by atoms with E-state index in [-0.39, 0.29) is 24.1 Å². The predicted molar refractivity (Wildman–Crippen MR) is 129 cm³/mol. The number of hydrogen-bond donors (Lipinski definition) is 1. The number of halogens is 1. The molecule has 2 aromatic carbocycles. The number of amides is 2. The van der Waals surface area contributed by atoms with Crippen LogP contribution in [-0.2, 0) is 22.4 Å². The summed E-state index contributed by atoms with van der Waals surface area (Å²) in [6.45, 7) is 4.84. The van der Waals surface area contributed by atoms with Crippen molar-refractivity contribution in [3.05, 3.63) is 71.0 Å². The molecule has 0 aliphatic carbocycles. The summed E-state index contributed by atoms with van der Waals surface area (Å²) in [5.74, 6) is -0.323. The largest absolute Gasteiger partial charge is 0.340 e. The number of anilines is 1. The number of para-hydroxylation sites is 1. The molecule has 1 saturated heterocycles. The number of nitrogens with one attached hydrogen (secondary N) is 1. The molecule has 0 saturated carbocycles. The van der Waals surface area contributed by atoms with Crippen LogP contribution in [0.1, 0.15) is 18.2 Å². The van der Waals surface area contributed by atoms with Crippen molar-refractivity contribution in [3.8, 4) is 10.6 Å². The summed E-state index contributed by atoms with van der Waals surface area (Å²) in [7, 11) is 0. The van der Waals surface area contributed by atoms with Crippen LogP contribution in [0.2, 0.25) is 0 Å². The molecule has 0 spiro atoms. The molecule has 0 unspecified atom stereocenters. The SMILES string of the molecule is CCc1ccccc1NC(=O)CN1CCN(C(=O)Cc2csc(-c3cccc(F)c3)n2)CC1. The first kappa shape index (κ1) is 23.1. The number of nitrogens with zero attached hydrogens (tertiary/aromatic N) is 3. The van der Waals surface area contributed by atoms with Crippen molar-refractivity contribution in [3.63, 3.8) is 0 Å². The molecule has 1 fully saturated rings. The van der Waals surface area contributed by atoms with Gasteiger partial charge < -0.3 is 10.2 Å². The van der Waals surface area contributed by atoms with Gasteiger partial charge in [0.15, 0.2) is 0 Å². The lowest BCUT2D eigenvalue weighted by atomic mass is 10.1. The Morgan fingerprint density at radius 2 is 1.88 bits per heavy atom. The van der Waals surface area contributed by atoms with Gasteiger partial charge in [0.2, 0.25) is 11.8 Å². The van der Waals surface area contributed by atoms with E-state index in [0.29, 0.717) is 49.0 Å². The van der Waals surface area contributed by atoms with Crippen molar-refractivity contribution in [2.75, 3.05) is 38.0 Å². The zero-order valence-corrected chi connectivity index (χ0v) is 19.4. The summed E-state index contributed by atoms with van der Waals surface area (Å²) in [6.07, 6.45) is 1.08. The number of thiazole rings is 1. The molecular formula is C25H27FN4O2S. The number of aryl methyl sites for hydroxylation is 1. The van der Waals surface area contributed by atoms with Gasteiger partial charge in [0, 0.05) is 42.8 Å². The van der Waals surface area contributed by atoms with Crippen LogP contribution in [0.15, 0.2) is 53.9 Å². The van der Waals surface area contributed by atoms with Crippen LogP contribution in [-0.4, -0.2) is 59.3 Å². The molecule has 0 bridgehead atoms. The van der Waals surface area contributed by atoms with Crippen molar-refractivity contribution >= 4 is 28.8 Å². The number of benzene rings is 2. The van der Waals surface area contributed by atoms with Crippen molar-refractivity contribution in [1.29, 1.82) is 0 Å². The minimum atomic E-state index is -0.304. The second-order valence-electron chi connectivity index (χ2n) is 8.05. The predicted octanol–water partition coefficient (Wildman–Crippen LogP) is 3.84. The number of piperazine rings is 1. The van der Waals surface area contributed by atoms with Crippen LogP contribution in [0.3, 0.4) is 0 Å². The highest BCUT2D eigenvalue weighted by molar-refractivity contribution is 7.13. The molecule has 1 aliphatic rings. The highest BCUT2D eigenvalue weighted by atomic mass is 32.1. The molecular weight excluding hydrogens is 439 g/mol. The highest BCUT2D eigenvalue weighted by Gasteiger charge is 2.23. The summed E-state index contributed by atoms with van der Waals surface area (Å²) in [5.41, 5.74) is 3.39. The van der Waals surface area contributed by atoms with Gasteiger partial charge in [0.1, 0.15) is 10.8 Å². The van der Waals surface area contributed by atoms with E-state index in [1.165, 1.54) is 23.5 Å². The molecule has 2 heterocycles. The number of hydrogen-bond acceptors (Lipinski definition) is 5. The van der Waals surface area contributed by atoms with E-state index >= 15 is 0 Å². The molecule has 2 amide bonds. The van der Waals surface area contributed by atoms with Gasteiger partial charge in [-0.1, -0.05) is 37.3 Å². The third-order valence-corrected chi connectivity index (χ3v) is 6.66. The second kappa shape index (κ2) is 10.7. The molecule has 0 atom stereocenters. The second-order valence-corrected chi connectivity index (χ2v) is 8.91. The molecule has 1 aromatic heterocycles. The highest BCUT2D eigenvalue weighted by Crippen LogP contribution is 2.24. The van der Waals surface area contributed by atoms with Gasteiger partial charge in [-0.25, -0.2) is 9.37 Å². The van der Waals surface area contributed by atoms with E-state index in [2.05, 4.69) is 22.1 Å². The molecule has 33 heavy (non-hydrogen) atoms. The third-order valence-electron chi connectivity index (χ3n) is 5.72. The zero-order chi connectivity index (χ0) is 23.2. The number of aromatic nitrogens is 1. The van der Waals surface area contributed by atoms with Gasteiger partial charge >= 0.3 is 0 Å². The monoisotopic (exact) mass is 466 g/mol. The number of rotatable bonds is 7. The zero-order valence-electron chi connectivity index (χ0n) is 18.6. The van der Waals surface area contributed by atoms with E-state index in [1.54, 1.807) is 6.07 Å². The average Bonchev–Trinajstić information content (AvgIpc) is 3.28. The lowest BCUT2D eigenvalue weighted by Gasteiger charge is -2.34. The van der Waals surface area contributed by atoms with Crippen molar-refractivity contribution < 1.29 is 14.0 Å². The first-order valence-corrected chi connectivity index (χ1v) is 12.0. The lowest BCUT2D eigenvalue weighted by molar-refractivity contribution is -0.132. The fourth-order valence-corrected chi connectivity index (χ4v) is 4.72. The Labute approximate surface area is 197 Å². The summed E-state index contributed by atoms with van der Waals surface area (Å²) in [5, 5.41) is 5.56. The topological polar surface area (TPSA) is 65.5 Å². The minimum absolute atomic E-state index is 0.0204.